The van der Waals surface area contributed by atoms with Gasteiger partial charge in [-0.05, 0) is 64.6 Å². The largest absolute Gasteiger partial charge is 0.309 e. The number of allylic oxidation sites excluding steroid dienone is 2. The molecule has 0 radical (unpaired) electrons. The Morgan fingerprint density at radius 1 is 1.00 bits per heavy atom. The number of rotatable bonds is 5. The molecule has 1 aliphatic rings. The van der Waals surface area contributed by atoms with Gasteiger partial charge in [0.15, 0.2) is 0 Å². The maximum absolute atomic E-state index is 7.11. The summed E-state index contributed by atoms with van der Waals surface area (Å²) in [6.07, 6.45) is 8.35. The van der Waals surface area contributed by atoms with Crippen LogP contribution >= 0.6 is 0 Å². The second-order valence-electron chi connectivity index (χ2n) is 6.46. The van der Waals surface area contributed by atoms with Gasteiger partial charge in [-0.25, -0.2) is 0 Å². The smallest absolute Gasteiger partial charge is 0.0174 e. The van der Waals surface area contributed by atoms with E-state index in [0.29, 0.717) is 5.92 Å². The van der Waals surface area contributed by atoms with Crippen molar-refractivity contribution >= 4 is 6.21 Å². The van der Waals surface area contributed by atoms with Crippen LogP contribution in [0.4, 0.5) is 0 Å². The Hall–Kier alpha value is -2.15. The summed E-state index contributed by atoms with van der Waals surface area (Å²) in [5.41, 5.74) is 8.72. The van der Waals surface area contributed by atoms with Gasteiger partial charge in [0, 0.05) is 6.21 Å². The van der Waals surface area contributed by atoms with Crippen LogP contribution in [0.2, 0.25) is 0 Å². The Labute approximate surface area is 133 Å². The number of nitrogens with one attached hydrogen (secondary N) is 1. The van der Waals surface area contributed by atoms with Crippen molar-refractivity contribution in [2.45, 2.75) is 33.1 Å². The van der Waals surface area contributed by atoms with Gasteiger partial charge in [-0.3, -0.25) is 0 Å². The first-order valence-electron chi connectivity index (χ1n) is 8.08. The van der Waals surface area contributed by atoms with Crippen molar-refractivity contribution in [2.24, 2.45) is 5.92 Å². The van der Waals surface area contributed by atoms with Crippen molar-refractivity contribution in [3.05, 3.63) is 70.8 Å². The first-order chi connectivity index (χ1) is 10.7. The van der Waals surface area contributed by atoms with Crippen molar-refractivity contribution in [3.63, 3.8) is 0 Å². The van der Waals surface area contributed by atoms with Crippen molar-refractivity contribution in [2.75, 3.05) is 0 Å². The summed E-state index contributed by atoms with van der Waals surface area (Å²) in [6, 6.07) is 13.4. The third-order valence-corrected chi connectivity index (χ3v) is 4.39. The highest BCUT2D eigenvalue weighted by molar-refractivity contribution is 5.79. The summed E-state index contributed by atoms with van der Waals surface area (Å²) in [6.45, 7) is 4.57. The second kappa shape index (κ2) is 6.31. The van der Waals surface area contributed by atoms with Crippen molar-refractivity contribution in [3.8, 4) is 11.1 Å². The van der Waals surface area contributed by atoms with E-state index in [4.69, 9.17) is 5.41 Å². The molecule has 1 heteroatoms. The maximum Gasteiger partial charge on any atom is 0.0174 e. The zero-order chi connectivity index (χ0) is 15.5. The molecule has 112 valence electrons. The fraction of sp³-hybridized carbons (Fsp3) is 0.286. The lowest BCUT2D eigenvalue weighted by Crippen LogP contribution is -1.99. The molecule has 1 N–H and O–H groups in total. The summed E-state index contributed by atoms with van der Waals surface area (Å²) in [5.74, 6) is 0.685. The predicted octanol–water partition coefficient (Wildman–Crippen LogP) is 5.20. The van der Waals surface area contributed by atoms with E-state index >= 15 is 0 Å². The minimum absolute atomic E-state index is 0.685. The minimum atomic E-state index is 0.685. The fourth-order valence-electron chi connectivity index (χ4n) is 3.45. The first-order valence-corrected chi connectivity index (χ1v) is 8.08. The van der Waals surface area contributed by atoms with Gasteiger partial charge in [-0.2, -0.15) is 0 Å². The fourth-order valence-corrected chi connectivity index (χ4v) is 3.45. The number of fused-ring (bicyclic) bond motifs is 3. The lowest BCUT2D eigenvalue weighted by molar-refractivity contribution is 0.644. The van der Waals surface area contributed by atoms with E-state index in [2.05, 4.69) is 56.3 Å². The van der Waals surface area contributed by atoms with E-state index in [9.17, 15) is 0 Å². The van der Waals surface area contributed by atoms with E-state index in [1.807, 2.05) is 6.08 Å². The van der Waals surface area contributed by atoms with Gasteiger partial charge in [0.25, 0.3) is 0 Å². The molecular weight excluding hydrogens is 266 g/mol. The van der Waals surface area contributed by atoms with Crippen molar-refractivity contribution < 1.29 is 0 Å². The van der Waals surface area contributed by atoms with Crippen LogP contribution in [0.1, 0.15) is 36.1 Å². The molecule has 0 spiro atoms. The molecule has 2 aromatic carbocycles. The third kappa shape index (κ3) is 2.76. The van der Waals surface area contributed by atoms with Gasteiger partial charge in [0.1, 0.15) is 0 Å². The molecular formula is C21H23N. The molecule has 0 heterocycles. The highest BCUT2D eigenvalue weighted by Gasteiger charge is 2.22. The van der Waals surface area contributed by atoms with Crippen LogP contribution in [0.3, 0.4) is 0 Å². The van der Waals surface area contributed by atoms with Crippen LogP contribution in [-0.2, 0) is 19.3 Å². The van der Waals surface area contributed by atoms with Gasteiger partial charge >= 0.3 is 0 Å². The number of hydrogen-bond acceptors (Lipinski definition) is 1. The van der Waals surface area contributed by atoms with E-state index in [1.54, 1.807) is 0 Å². The van der Waals surface area contributed by atoms with Gasteiger partial charge in [-0.15, -0.1) is 0 Å². The summed E-state index contributed by atoms with van der Waals surface area (Å²) in [7, 11) is 0. The van der Waals surface area contributed by atoms with Crippen molar-refractivity contribution in [1.29, 1.82) is 5.41 Å². The first kappa shape index (κ1) is 14.8. The zero-order valence-corrected chi connectivity index (χ0v) is 13.4. The van der Waals surface area contributed by atoms with Gasteiger partial charge < -0.3 is 5.41 Å². The van der Waals surface area contributed by atoms with Gasteiger partial charge in [-0.1, -0.05) is 56.3 Å². The number of benzene rings is 2. The molecule has 0 bridgehead atoms. The zero-order valence-electron chi connectivity index (χ0n) is 13.4. The van der Waals surface area contributed by atoms with Crippen LogP contribution in [0, 0.1) is 11.3 Å². The Morgan fingerprint density at radius 2 is 1.64 bits per heavy atom. The third-order valence-electron chi connectivity index (χ3n) is 4.39. The average molecular weight is 289 g/mol. The molecule has 0 unspecified atom stereocenters. The molecule has 0 fully saturated rings. The molecule has 0 saturated heterocycles. The SMILES string of the molecule is CC(C)Cc1cccc2c1Cc1c(C/C=C\C=N)cccc1-2. The highest BCUT2D eigenvalue weighted by Crippen LogP contribution is 2.40. The van der Waals surface area contributed by atoms with Crippen LogP contribution in [-0.4, -0.2) is 6.21 Å². The normalized spacial score (nSPS) is 12.7. The molecule has 0 atom stereocenters. The molecule has 1 aliphatic carbocycles. The Balaban J connectivity index is 2.00. The lowest BCUT2D eigenvalue weighted by atomic mass is 9.95. The predicted molar refractivity (Wildman–Crippen MR) is 94.9 cm³/mol. The minimum Gasteiger partial charge on any atom is -0.309 e. The monoisotopic (exact) mass is 289 g/mol. The van der Waals surface area contributed by atoms with Gasteiger partial charge in [0.2, 0.25) is 0 Å². The van der Waals surface area contributed by atoms with E-state index in [-0.39, 0.29) is 0 Å². The van der Waals surface area contributed by atoms with E-state index in [0.717, 1.165) is 19.3 Å². The lowest BCUT2D eigenvalue weighted by Gasteiger charge is -2.10. The van der Waals surface area contributed by atoms with Crippen LogP contribution in [0.15, 0.2) is 48.6 Å². The second-order valence-corrected chi connectivity index (χ2v) is 6.46. The molecule has 0 aliphatic heterocycles. The topological polar surface area (TPSA) is 23.9 Å². The van der Waals surface area contributed by atoms with E-state index in [1.165, 1.54) is 39.6 Å². The summed E-state index contributed by atoms with van der Waals surface area (Å²) in [4.78, 5) is 0. The van der Waals surface area contributed by atoms with Crippen molar-refractivity contribution in [1.82, 2.24) is 0 Å². The van der Waals surface area contributed by atoms with E-state index < -0.39 is 0 Å². The quantitative estimate of drug-likeness (QED) is 0.624. The maximum atomic E-state index is 7.11. The highest BCUT2D eigenvalue weighted by atomic mass is 14.3. The van der Waals surface area contributed by atoms with Crippen LogP contribution in [0.5, 0.6) is 0 Å². The molecule has 2 aromatic rings. The standard InChI is InChI=1S/C21H23N/c1-15(2)13-17-9-6-11-19-18-10-5-8-16(7-3-4-12-22)20(18)14-21(17)19/h3-6,8-12,15,22H,7,13-14H2,1-2H3/b4-3-,22-12?. The summed E-state index contributed by atoms with van der Waals surface area (Å²) >= 11 is 0. The average Bonchev–Trinajstić information content (AvgIpc) is 2.88. The molecule has 0 amide bonds. The number of hydrogen-bond donors (Lipinski definition) is 1. The van der Waals surface area contributed by atoms with Crippen LogP contribution in [0.25, 0.3) is 11.1 Å². The Morgan fingerprint density at radius 3 is 2.27 bits per heavy atom. The molecule has 22 heavy (non-hydrogen) atoms. The summed E-state index contributed by atoms with van der Waals surface area (Å²) in [5, 5.41) is 7.11. The molecule has 0 saturated carbocycles. The molecule has 3 rings (SSSR count). The molecule has 1 nitrogen and oxygen atoms in total. The molecule has 0 aromatic heterocycles. The summed E-state index contributed by atoms with van der Waals surface area (Å²) < 4.78 is 0. The van der Waals surface area contributed by atoms with Crippen LogP contribution < -0.4 is 0 Å². The Bertz CT molecular complexity index is 723. The van der Waals surface area contributed by atoms with Gasteiger partial charge in [0.05, 0.1) is 0 Å². The Kier molecular flexibility index (Phi) is 4.24.